The molecule has 24 heavy (non-hydrogen) atoms. The van der Waals surface area contributed by atoms with Gasteiger partial charge in [-0.05, 0) is 51.6 Å². The Labute approximate surface area is 146 Å². The predicted octanol–water partition coefficient (Wildman–Crippen LogP) is 2.55. The van der Waals surface area contributed by atoms with E-state index in [4.69, 9.17) is 0 Å². The van der Waals surface area contributed by atoms with E-state index < -0.39 is 0 Å². The van der Waals surface area contributed by atoms with Crippen LogP contribution in [-0.2, 0) is 17.8 Å². The number of nitrogens with one attached hydrogen (secondary N) is 1. The largest absolute Gasteiger partial charge is 0.342 e. The van der Waals surface area contributed by atoms with E-state index in [0.29, 0.717) is 18.3 Å². The number of rotatable bonds is 7. The molecular weight excluding hydrogens is 300 g/mol. The van der Waals surface area contributed by atoms with Gasteiger partial charge in [0, 0.05) is 30.9 Å². The van der Waals surface area contributed by atoms with E-state index in [-0.39, 0.29) is 5.91 Å². The van der Waals surface area contributed by atoms with Crippen molar-refractivity contribution in [2.75, 3.05) is 26.2 Å². The van der Waals surface area contributed by atoms with Gasteiger partial charge in [0.25, 0.3) is 0 Å². The van der Waals surface area contributed by atoms with Crippen molar-refractivity contribution < 1.29 is 4.79 Å². The summed E-state index contributed by atoms with van der Waals surface area (Å²) in [6.45, 7) is 15.5. The molecule has 1 fully saturated rings. The minimum atomic E-state index is 0.257. The minimum Gasteiger partial charge on any atom is -0.342 e. The third-order valence-electron chi connectivity index (χ3n) is 5.05. The van der Waals surface area contributed by atoms with Crippen molar-refractivity contribution in [1.29, 1.82) is 0 Å². The molecule has 0 aliphatic carbocycles. The van der Waals surface area contributed by atoms with Gasteiger partial charge in [-0.1, -0.05) is 20.8 Å². The van der Waals surface area contributed by atoms with Crippen LogP contribution in [0.1, 0.15) is 50.6 Å². The molecule has 2 rings (SSSR count). The van der Waals surface area contributed by atoms with E-state index in [2.05, 4.69) is 42.8 Å². The molecule has 0 radical (unpaired) electrons. The summed E-state index contributed by atoms with van der Waals surface area (Å²) in [4.78, 5) is 14.7. The van der Waals surface area contributed by atoms with Crippen molar-refractivity contribution in [2.24, 2.45) is 11.8 Å². The van der Waals surface area contributed by atoms with Crippen LogP contribution in [0.4, 0.5) is 0 Å². The number of carbonyl (C=O) groups excluding carboxylic acids is 1. The Morgan fingerprint density at radius 2 is 1.96 bits per heavy atom. The zero-order valence-electron chi connectivity index (χ0n) is 16.1. The van der Waals surface area contributed by atoms with Gasteiger partial charge >= 0.3 is 0 Å². The lowest BCUT2D eigenvalue weighted by Crippen LogP contribution is -2.41. The van der Waals surface area contributed by atoms with Crippen LogP contribution in [0, 0.1) is 25.7 Å². The van der Waals surface area contributed by atoms with Gasteiger partial charge in [-0.2, -0.15) is 5.10 Å². The summed E-state index contributed by atoms with van der Waals surface area (Å²) in [5, 5.41) is 8.05. The van der Waals surface area contributed by atoms with Crippen LogP contribution in [0.25, 0.3) is 0 Å². The topological polar surface area (TPSA) is 50.2 Å². The van der Waals surface area contributed by atoms with Crippen molar-refractivity contribution >= 4 is 5.91 Å². The third-order valence-corrected chi connectivity index (χ3v) is 5.05. The van der Waals surface area contributed by atoms with Crippen LogP contribution in [0.2, 0.25) is 0 Å². The highest BCUT2D eigenvalue weighted by molar-refractivity contribution is 5.79. The number of aryl methyl sites for hydroxylation is 1. The fourth-order valence-electron chi connectivity index (χ4n) is 3.51. The van der Waals surface area contributed by atoms with E-state index >= 15 is 0 Å². The highest BCUT2D eigenvalue weighted by Crippen LogP contribution is 2.20. The van der Waals surface area contributed by atoms with Crippen LogP contribution >= 0.6 is 0 Å². The standard InChI is InChI=1S/C19H34N4O/c1-6-20-12-17-7-9-22(10-8-17)19(24)11-18-15(4)21-23(16(18)5)13-14(2)3/h14,17,20H,6-13H2,1-5H3. The maximum Gasteiger partial charge on any atom is 0.227 e. The van der Waals surface area contributed by atoms with Crippen LogP contribution in [0.15, 0.2) is 0 Å². The summed E-state index contributed by atoms with van der Waals surface area (Å²) in [5.74, 6) is 1.53. The van der Waals surface area contributed by atoms with Crippen molar-refractivity contribution in [3.05, 3.63) is 17.0 Å². The number of piperidine rings is 1. The summed E-state index contributed by atoms with van der Waals surface area (Å²) >= 11 is 0. The normalized spacial score (nSPS) is 16.2. The Morgan fingerprint density at radius 1 is 1.29 bits per heavy atom. The quantitative estimate of drug-likeness (QED) is 0.834. The molecule has 1 saturated heterocycles. The molecule has 0 bridgehead atoms. The molecule has 5 heteroatoms. The highest BCUT2D eigenvalue weighted by Gasteiger charge is 2.24. The van der Waals surface area contributed by atoms with Gasteiger partial charge in [-0.3, -0.25) is 9.48 Å². The van der Waals surface area contributed by atoms with E-state index in [1.54, 1.807) is 0 Å². The fraction of sp³-hybridized carbons (Fsp3) is 0.789. The van der Waals surface area contributed by atoms with Gasteiger partial charge in [0.1, 0.15) is 0 Å². The van der Waals surface area contributed by atoms with Crippen LogP contribution in [0.3, 0.4) is 0 Å². The van der Waals surface area contributed by atoms with Crippen molar-refractivity contribution in [3.8, 4) is 0 Å². The van der Waals surface area contributed by atoms with Gasteiger partial charge < -0.3 is 10.2 Å². The number of aromatic nitrogens is 2. The summed E-state index contributed by atoms with van der Waals surface area (Å²) in [6.07, 6.45) is 2.72. The zero-order chi connectivity index (χ0) is 17.7. The zero-order valence-corrected chi connectivity index (χ0v) is 16.1. The van der Waals surface area contributed by atoms with Gasteiger partial charge in [0.05, 0.1) is 12.1 Å². The molecule has 1 amide bonds. The molecule has 1 aromatic heterocycles. The third kappa shape index (κ3) is 4.82. The highest BCUT2D eigenvalue weighted by atomic mass is 16.2. The SMILES string of the molecule is CCNCC1CCN(C(=O)Cc2c(C)nn(CC(C)C)c2C)CC1. The molecule has 1 aromatic rings. The molecule has 136 valence electrons. The molecule has 1 aliphatic heterocycles. The number of likely N-dealkylation sites (tertiary alicyclic amines) is 1. The number of hydrogen-bond donors (Lipinski definition) is 1. The van der Waals surface area contributed by atoms with Crippen molar-refractivity contribution in [3.63, 3.8) is 0 Å². The summed E-state index contributed by atoms with van der Waals surface area (Å²) in [5.41, 5.74) is 3.27. The smallest absolute Gasteiger partial charge is 0.227 e. The van der Waals surface area contributed by atoms with Crippen LogP contribution in [-0.4, -0.2) is 46.8 Å². The fourth-order valence-corrected chi connectivity index (χ4v) is 3.51. The second-order valence-electron chi connectivity index (χ2n) is 7.53. The lowest BCUT2D eigenvalue weighted by molar-refractivity contribution is -0.131. The number of carbonyl (C=O) groups is 1. The molecule has 0 saturated carbocycles. The Hall–Kier alpha value is -1.36. The molecule has 0 unspecified atom stereocenters. The summed E-state index contributed by atoms with van der Waals surface area (Å²) in [6, 6.07) is 0. The second kappa shape index (κ2) is 8.65. The first-order valence-electron chi connectivity index (χ1n) is 9.43. The van der Waals surface area contributed by atoms with Crippen LogP contribution in [0.5, 0.6) is 0 Å². The maximum atomic E-state index is 12.7. The van der Waals surface area contributed by atoms with Gasteiger partial charge in [-0.15, -0.1) is 0 Å². The summed E-state index contributed by atoms with van der Waals surface area (Å²) < 4.78 is 2.06. The minimum absolute atomic E-state index is 0.257. The predicted molar refractivity (Wildman–Crippen MR) is 98.1 cm³/mol. The molecule has 0 aromatic carbocycles. The Balaban J connectivity index is 1.92. The molecule has 0 spiro atoms. The maximum absolute atomic E-state index is 12.7. The summed E-state index contributed by atoms with van der Waals surface area (Å²) in [7, 11) is 0. The first-order valence-corrected chi connectivity index (χ1v) is 9.43. The molecule has 1 N–H and O–H groups in total. The van der Waals surface area contributed by atoms with E-state index in [0.717, 1.165) is 62.5 Å². The molecule has 1 aliphatic rings. The average Bonchev–Trinajstić information content (AvgIpc) is 2.80. The first-order chi connectivity index (χ1) is 11.4. The lowest BCUT2D eigenvalue weighted by atomic mass is 9.96. The lowest BCUT2D eigenvalue weighted by Gasteiger charge is -2.32. The molecular formula is C19H34N4O. The van der Waals surface area contributed by atoms with E-state index in [1.165, 1.54) is 0 Å². The Kier molecular flexibility index (Phi) is 6.84. The Bertz CT molecular complexity index is 542. The number of nitrogens with zero attached hydrogens (tertiary/aromatic N) is 3. The molecule has 5 nitrogen and oxygen atoms in total. The van der Waals surface area contributed by atoms with Gasteiger partial charge in [-0.25, -0.2) is 0 Å². The molecule has 2 heterocycles. The van der Waals surface area contributed by atoms with Gasteiger partial charge in [0.15, 0.2) is 0 Å². The number of hydrogen-bond acceptors (Lipinski definition) is 3. The van der Waals surface area contributed by atoms with Crippen molar-refractivity contribution in [1.82, 2.24) is 20.0 Å². The van der Waals surface area contributed by atoms with Gasteiger partial charge in [0.2, 0.25) is 5.91 Å². The molecule has 0 atom stereocenters. The van der Waals surface area contributed by atoms with E-state index in [1.807, 2.05) is 11.8 Å². The van der Waals surface area contributed by atoms with E-state index in [9.17, 15) is 4.79 Å². The van der Waals surface area contributed by atoms with Crippen LogP contribution < -0.4 is 5.32 Å². The number of amides is 1. The average molecular weight is 335 g/mol. The Morgan fingerprint density at radius 3 is 2.54 bits per heavy atom. The second-order valence-corrected chi connectivity index (χ2v) is 7.53. The van der Waals surface area contributed by atoms with Crippen molar-refractivity contribution in [2.45, 2.75) is 60.4 Å². The first kappa shape index (κ1) is 19.0. The monoisotopic (exact) mass is 334 g/mol.